The average molecular weight is 218 g/mol. The summed E-state index contributed by atoms with van der Waals surface area (Å²) < 4.78 is 1.05. The van der Waals surface area contributed by atoms with E-state index in [9.17, 15) is 0 Å². The molecule has 0 radical (unpaired) electrons. The van der Waals surface area contributed by atoms with Gasteiger partial charge in [-0.2, -0.15) is 0 Å². The zero-order valence-corrected chi connectivity index (χ0v) is 8.65. The second kappa shape index (κ2) is 4.27. The third-order valence-electron chi connectivity index (χ3n) is 2.47. The van der Waals surface area contributed by atoms with E-state index in [-0.39, 0.29) is 0 Å². The van der Waals surface area contributed by atoms with Crippen molar-refractivity contribution in [3.63, 3.8) is 0 Å². The summed E-state index contributed by atoms with van der Waals surface area (Å²) in [5.74, 6) is 0.918. The Hall–Kier alpha value is 0.180. The number of hydrogen-bond acceptors (Lipinski definition) is 1. The fourth-order valence-electron chi connectivity index (χ4n) is 1.38. The SMILES string of the molecule is C=C(Br)CNC(C)C1CCC1. The van der Waals surface area contributed by atoms with Crippen molar-refractivity contribution >= 4 is 15.9 Å². The van der Waals surface area contributed by atoms with E-state index < -0.39 is 0 Å². The van der Waals surface area contributed by atoms with E-state index in [0.717, 1.165) is 16.9 Å². The highest BCUT2D eigenvalue weighted by molar-refractivity contribution is 9.11. The van der Waals surface area contributed by atoms with Crippen molar-refractivity contribution in [3.05, 3.63) is 11.1 Å². The summed E-state index contributed by atoms with van der Waals surface area (Å²) in [4.78, 5) is 0. The molecule has 0 saturated heterocycles. The smallest absolute Gasteiger partial charge is 0.0268 e. The Morgan fingerprint density at radius 1 is 1.73 bits per heavy atom. The Bertz CT molecular complexity index is 140. The van der Waals surface area contributed by atoms with Crippen molar-refractivity contribution in [1.82, 2.24) is 5.32 Å². The topological polar surface area (TPSA) is 12.0 Å². The molecule has 1 unspecified atom stereocenters. The van der Waals surface area contributed by atoms with Gasteiger partial charge in [0.05, 0.1) is 0 Å². The van der Waals surface area contributed by atoms with Crippen LogP contribution in [0.1, 0.15) is 26.2 Å². The molecular weight excluding hydrogens is 202 g/mol. The first kappa shape index (κ1) is 9.27. The molecule has 1 aliphatic carbocycles. The maximum Gasteiger partial charge on any atom is 0.0268 e. The molecule has 11 heavy (non-hydrogen) atoms. The van der Waals surface area contributed by atoms with Gasteiger partial charge in [-0.15, -0.1) is 0 Å². The van der Waals surface area contributed by atoms with Gasteiger partial charge >= 0.3 is 0 Å². The van der Waals surface area contributed by atoms with Crippen LogP contribution >= 0.6 is 15.9 Å². The molecule has 0 aromatic heterocycles. The summed E-state index contributed by atoms with van der Waals surface area (Å²) in [7, 11) is 0. The van der Waals surface area contributed by atoms with E-state index in [0.29, 0.717) is 6.04 Å². The molecule has 64 valence electrons. The molecule has 1 atom stereocenters. The van der Waals surface area contributed by atoms with Gasteiger partial charge < -0.3 is 5.32 Å². The van der Waals surface area contributed by atoms with Crippen LogP contribution in [0.25, 0.3) is 0 Å². The van der Waals surface area contributed by atoms with Crippen LogP contribution < -0.4 is 5.32 Å². The van der Waals surface area contributed by atoms with Crippen LogP contribution in [-0.4, -0.2) is 12.6 Å². The molecular formula is C9H16BrN. The Labute approximate surface area is 77.4 Å². The number of hydrogen-bond donors (Lipinski definition) is 1. The highest BCUT2D eigenvalue weighted by atomic mass is 79.9. The zero-order chi connectivity index (χ0) is 8.27. The number of nitrogens with one attached hydrogen (secondary N) is 1. The van der Waals surface area contributed by atoms with E-state index in [1.165, 1.54) is 19.3 Å². The van der Waals surface area contributed by atoms with Crippen molar-refractivity contribution < 1.29 is 0 Å². The lowest BCUT2D eigenvalue weighted by atomic mass is 9.80. The van der Waals surface area contributed by atoms with Crippen LogP contribution in [0.15, 0.2) is 11.1 Å². The van der Waals surface area contributed by atoms with Crippen molar-refractivity contribution in [2.45, 2.75) is 32.2 Å². The summed E-state index contributed by atoms with van der Waals surface area (Å²) in [6.45, 7) is 6.95. The lowest BCUT2D eigenvalue weighted by Gasteiger charge is -2.32. The molecule has 1 saturated carbocycles. The van der Waals surface area contributed by atoms with Crippen LogP contribution in [-0.2, 0) is 0 Å². The molecule has 0 aromatic rings. The van der Waals surface area contributed by atoms with Gasteiger partial charge in [-0.1, -0.05) is 28.9 Å². The summed E-state index contributed by atoms with van der Waals surface area (Å²) in [6.07, 6.45) is 4.23. The highest BCUT2D eigenvalue weighted by Crippen LogP contribution is 2.29. The summed E-state index contributed by atoms with van der Waals surface area (Å²) in [5.41, 5.74) is 0. The standard InChI is InChI=1S/C9H16BrN/c1-7(10)6-11-8(2)9-4-3-5-9/h8-9,11H,1,3-6H2,2H3. The molecule has 0 aliphatic heterocycles. The van der Waals surface area contributed by atoms with E-state index >= 15 is 0 Å². The van der Waals surface area contributed by atoms with Gasteiger partial charge in [-0.3, -0.25) is 0 Å². The van der Waals surface area contributed by atoms with E-state index in [1.54, 1.807) is 0 Å². The Kier molecular flexibility index (Phi) is 3.60. The minimum atomic E-state index is 0.665. The third-order valence-corrected chi connectivity index (χ3v) is 2.75. The molecule has 0 heterocycles. The summed E-state index contributed by atoms with van der Waals surface area (Å²) in [6, 6.07) is 0.665. The third kappa shape index (κ3) is 2.96. The van der Waals surface area contributed by atoms with Gasteiger partial charge in [-0.25, -0.2) is 0 Å². The molecule has 0 spiro atoms. The Morgan fingerprint density at radius 2 is 2.36 bits per heavy atom. The first-order chi connectivity index (χ1) is 5.20. The molecule has 1 nitrogen and oxygen atoms in total. The van der Waals surface area contributed by atoms with Crippen molar-refractivity contribution in [3.8, 4) is 0 Å². The molecule has 0 aromatic carbocycles. The van der Waals surface area contributed by atoms with Crippen molar-refractivity contribution in [2.75, 3.05) is 6.54 Å². The summed E-state index contributed by atoms with van der Waals surface area (Å²) >= 11 is 3.33. The minimum absolute atomic E-state index is 0.665. The van der Waals surface area contributed by atoms with Gasteiger partial charge in [0.15, 0.2) is 0 Å². The van der Waals surface area contributed by atoms with Crippen molar-refractivity contribution in [2.24, 2.45) is 5.92 Å². The molecule has 1 N–H and O–H groups in total. The average Bonchev–Trinajstić information content (AvgIpc) is 1.79. The van der Waals surface area contributed by atoms with Crippen LogP contribution in [0.5, 0.6) is 0 Å². The van der Waals surface area contributed by atoms with Crippen LogP contribution in [0.4, 0.5) is 0 Å². The van der Waals surface area contributed by atoms with Gasteiger partial charge in [0.2, 0.25) is 0 Å². The predicted molar refractivity (Wildman–Crippen MR) is 52.9 cm³/mol. The fourth-order valence-corrected chi connectivity index (χ4v) is 1.54. The molecule has 1 rings (SSSR count). The van der Waals surface area contributed by atoms with E-state index in [4.69, 9.17) is 0 Å². The van der Waals surface area contributed by atoms with Gasteiger partial charge in [0.25, 0.3) is 0 Å². The van der Waals surface area contributed by atoms with E-state index in [2.05, 4.69) is 34.7 Å². The first-order valence-electron chi connectivity index (χ1n) is 4.27. The van der Waals surface area contributed by atoms with Gasteiger partial charge in [0, 0.05) is 17.1 Å². The van der Waals surface area contributed by atoms with Crippen LogP contribution in [0, 0.1) is 5.92 Å². The Balaban J connectivity index is 2.09. The lowest BCUT2D eigenvalue weighted by molar-refractivity contribution is 0.245. The van der Waals surface area contributed by atoms with Gasteiger partial charge in [0.1, 0.15) is 0 Å². The number of halogens is 1. The number of rotatable bonds is 4. The van der Waals surface area contributed by atoms with Crippen molar-refractivity contribution in [1.29, 1.82) is 0 Å². The van der Waals surface area contributed by atoms with E-state index in [1.807, 2.05) is 0 Å². The molecule has 2 heteroatoms. The second-order valence-corrected chi connectivity index (χ2v) is 4.50. The Morgan fingerprint density at radius 3 is 2.73 bits per heavy atom. The maximum atomic E-state index is 3.78. The minimum Gasteiger partial charge on any atom is -0.309 e. The summed E-state index contributed by atoms with van der Waals surface area (Å²) in [5, 5.41) is 3.44. The molecule has 0 bridgehead atoms. The largest absolute Gasteiger partial charge is 0.309 e. The second-order valence-electron chi connectivity index (χ2n) is 3.38. The molecule has 1 fully saturated rings. The molecule has 0 amide bonds. The fraction of sp³-hybridized carbons (Fsp3) is 0.778. The highest BCUT2D eigenvalue weighted by Gasteiger charge is 2.22. The molecule has 1 aliphatic rings. The maximum absolute atomic E-state index is 3.78. The van der Waals surface area contributed by atoms with Gasteiger partial charge in [-0.05, 0) is 25.7 Å². The quantitative estimate of drug-likeness (QED) is 0.764. The predicted octanol–water partition coefficient (Wildman–Crippen LogP) is 2.67. The van der Waals surface area contributed by atoms with Crippen LogP contribution in [0.3, 0.4) is 0 Å². The zero-order valence-electron chi connectivity index (χ0n) is 7.07. The van der Waals surface area contributed by atoms with Crippen LogP contribution in [0.2, 0.25) is 0 Å². The normalized spacial score (nSPS) is 20.9. The lowest BCUT2D eigenvalue weighted by Crippen LogP contribution is -2.37. The monoisotopic (exact) mass is 217 g/mol. The first-order valence-corrected chi connectivity index (χ1v) is 5.06.